The Balaban J connectivity index is 2.58. The van der Waals surface area contributed by atoms with E-state index in [4.69, 9.17) is 25.0 Å². The van der Waals surface area contributed by atoms with Crippen molar-refractivity contribution in [2.45, 2.75) is 0 Å². The van der Waals surface area contributed by atoms with Crippen LogP contribution in [0.4, 0.5) is 17.1 Å². The van der Waals surface area contributed by atoms with Gasteiger partial charge in [0.15, 0.2) is 5.75 Å². The predicted octanol–water partition coefficient (Wildman–Crippen LogP) is 2.34. The Labute approximate surface area is 176 Å². The van der Waals surface area contributed by atoms with Crippen molar-refractivity contribution in [2.24, 2.45) is 0 Å². The van der Waals surface area contributed by atoms with Gasteiger partial charge < -0.3 is 39.5 Å². The van der Waals surface area contributed by atoms with E-state index in [0.29, 0.717) is 17.2 Å². The number of phosphoric ester groups is 1. The number of carboxylic acids is 1. The standard InChI is InChI=1S/C16H20N2O11P2/c1-18(9-4-10(26-2)6-11(5-9)27-3)14-8-15(13(17)7-12(14)16(19)20)28-31(24,25)29-30(21,22)23/h4-8H,17H2,1-3H3,(H,19,20)(H,24,25)(H2,21,22,23). The number of nitrogens with zero attached hydrogens (tertiary/aromatic N) is 1. The summed E-state index contributed by atoms with van der Waals surface area (Å²) in [6, 6.07) is 6.70. The lowest BCUT2D eigenvalue weighted by atomic mass is 10.1. The molecule has 170 valence electrons. The molecule has 0 aliphatic heterocycles. The molecule has 0 heterocycles. The van der Waals surface area contributed by atoms with Crippen LogP contribution in [-0.4, -0.2) is 47.0 Å². The van der Waals surface area contributed by atoms with Gasteiger partial charge in [-0.15, -0.1) is 0 Å². The molecule has 0 spiro atoms. The van der Waals surface area contributed by atoms with Crippen LogP contribution in [0.25, 0.3) is 0 Å². The van der Waals surface area contributed by atoms with Crippen molar-refractivity contribution in [3.63, 3.8) is 0 Å². The van der Waals surface area contributed by atoms with Gasteiger partial charge >= 0.3 is 21.6 Å². The Morgan fingerprint density at radius 3 is 2.00 bits per heavy atom. The molecular weight excluding hydrogens is 458 g/mol. The first-order valence-corrected chi connectivity index (χ1v) is 11.2. The zero-order chi connectivity index (χ0) is 23.6. The first-order chi connectivity index (χ1) is 14.3. The average Bonchev–Trinajstić information content (AvgIpc) is 2.65. The zero-order valence-corrected chi connectivity index (χ0v) is 18.2. The lowest BCUT2D eigenvalue weighted by molar-refractivity contribution is 0.0697. The van der Waals surface area contributed by atoms with Gasteiger partial charge in [0, 0.05) is 37.0 Å². The van der Waals surface area contributed by atoms with Crippen molar-refractivity contribution in [1.82, 2.24) is 0 Å². The fourth-order valence-corrected chi connectivity index (χ4v) is 4.13. The molecule has 0 aliphatic rings. The van der Waals surface area contributed by atoms with Gasteiger partial charge in [0.2, 0.25) is 0 Å². The van der Waals surface area contributed by atoms with E-state index in [9.17, 15) is 23.9 Å². The molecule has 0 aromatic heterocycles. The summed E-state index contributed by atoms with van der Waals surface area (Å²) in [5, 5.41) is 9.56. The summed E-state index contributed by atoms with van der Waals surface area (Å²) < 4.78 is 41.5. The maximum absolute atomic E-state index is 11.9. The average molecular weight is 478 g/mol. The normalized spacial score (nSPS) is 13.2. The Bertz CT molecular complexity index is 1060. The number of hydrogen-bond donors (Lipinski definition) is 5. The molecule has 15 heteroatoms. The molecule has 2 aromatic rings. The smallest absolute Gasteiger partial charge is 0.497 e. The van der Waals surface area contributed by atoms with Gasteiger partial charge in [0.05, 0.1) is 31.2 Å². The monoisotopic (exact) mass is 478 g/mol. The third-order valence-corrected chi connectivity index (χ3v) is 5.97. The maximum atomic E-state index is 11.9. The number of benzene rings is 2. The van der Waals surface area contributed by atoms with Crippen LogP contribution in [0.3, 0.4) is 0 Å². The number of nitrogens with two attached hydrogens (primary N) is 1. The van der Waals surface area contributed by atoms with Crippen molar-refractivity contribution in [3.05, 3.63) is 35.9 Å². The summed E-state index contributed by atoms with van der Waals surface area (Å²) >= 11 is 0. The molecule has 1 unspecified atom stereocenters. The molecule has 0 bridgehead atoms. The quantitative estimate of drug-likeness (QED) is 0.260. The number of methoxy groups -OCH3 is 2. The van der Waals surface area contributed by atoms with Crippen LogP contribution < -0.4 is 24.6 Å². The molecule has 6 N–H and O–H groups in total. The van der Waals surface area contributed by atoms with E-state index >= 15 is 0 Å². The third kappa shape index (κ3) is 6.34. The van der Waals surface area contributed by atoms with Crippen LogP contribution in [0.2, 0.25) is 0 Å². The summed E-state index contributed by atoms with van der Waals surface area (Å²) in [4.78, 5) is 40.2. The number of rotatable bonds is 9. The van der Waals surface area contributed by atoms with Crippen LogP contribution in [0.15, 0.2) is 30.3 Å². The van der Waals surface area contributed by atoms with Gasteiger partial charge in [-0.05, 0) is 6.07 Å². The second kappa shape index (κ2) is 9.15. The van der Waals surface area contributed by atoms with Gasteiger partial charge in [-0.25, -0.2) is 13.9 Å². The van der Waals surface area contributed by atoms with E-state index in [1.807, 2.05) is 0 Å². The highest BCUT2D eigenvalue weighted by Crippen LogP contribution is 2.58. The maximum Gasteiger partial charge on any atom is 0.536 e. The van der Waals surface area contributed by atoms with Gasteiger partial charge in [0.25, 0.3) is 0 Å². The number of aromatic carboxylic acids is 1. The lowest BCUT2D eigenvalue weighted by Gasteiger charge is -2.24. The van der Waals surface area contributed by atoms with Gasteiger partial charge in [-0.3, -0.25) is 4.89 Å². The van der Waals surface area contributed by atoms with Crippen molar-refractivity contribution in [3.8, 4) is 17.2 Å². The largest absolute Gasteiger partial charge is 0.536 e. The highest BCUT2D eigenvalue weighted by molar-refractivity contribution is 7.60. The first-order valence-electron chi connectivity index (χ1n) is 8.19. The van der Waals surface area contributed by atoms with E-state index in [2.05, 4.69) is 8.83 Å². The molecular formula is C16H20N2O11P2. The number of carbonyl (C=O) groups is 1. The molecule has 0 fully saturated rings. The molecule has 0 saturated heterocycles. The number of hydrogen-bond acceptors (Lipinski definition) is 9. The Morgan fingerprint density at radius 2 is 1.55 bits per heavy atom. The first kappa shape index (κ1) is 24.5. The van der Waals surface area contributed by atoms with Crippen molar-refractivity contribution in [2.75, 3.05) is 31.9 Å². The Morgan fingerprint density at radius 1 is 1.00 bits per heavy atom. The molecule has 31 heavy (non-hydrogen) atoms. The molecule has 2 aromatic carbocycles. The van der Waals surface area contributed by atoms with E-state index in [1.54, 1.807) is 18.2 Å². The minimum absolute atomic E-state index is 0.0387. The predicted molar refractivity (Wildman–Crippen MR) is 109 cm³/mol. The fourth-order valence-electron chi connectivity index (χ4n) is 2.51. The summed E-state index contributed by atoms with van der Waals surface area (Å²) in [6.07, 6.45) is 0. The highest BCUT2D eigenvalue weighted by atomic mass is 31.3. The molecule has 0 saturated carbocycles. The minimum atomic E-state index is -5.37. The van der Waals surface area contributed by atoms with E-state index < -0.39 is 27.4 Å². The Kier molecular flexibility index (Phi) is 7.22. The number of phosphoric acid groups is 2. The molecule has 2 rings (SSSR count). The second-order valence-electron chi connectivity index (χ2n) is 5.97. The minimum Gasteiger partial charge on any atom is -0.497 e. The number of anilines is 3. The molecule has 13 nitrogen and oxygen atoms in total. The molecule has 0 amide bonds. The topological polar surface area (TPSA) is 198 Å². The van der Waals surface area contributed by atoms with Crippen LogP contribution in [0, 0.1) is 0 Å². The number of nitrogen functional groups attached to an aromatic ring is 1. The molecule has 0 radical (unpaired) electrons. The van der Waals surface area contributed by atoms with Gasteiger partial charge in [0.1, 0.15) is 11.5 Å². The van der Waals surface area contributed by atoms with E-state index in [1.165, 1.54) is 26.2 Å². The number of ether oxygens (including phenoxy) is 2. The van der Waals surface area contributed by atoms with Crippen LogP contribution in [0.5, 0.6) is 17.2 Å². The number of carboxylic acid groups (broad SMARTS) is 1. The van der Waals surface area contributed by atoms with Gasteiger partial charge in [-0.1, -0.05) is 0 Å². The Hall–Kier alpha value is -2.79. The second-order valence-corrected chi connectivity index (χ2v) is 8.73. The summed E-state index contributed by atoms with van der Waals surface area (Å²) in [6.45, 7) is 0. The third-order valence-electron chi connectivity index (χ3n) is 3.87. The molecule has 0 aliphatic carbocycles. The van der Waals surface area contributed by atoms with Gasteiger partial charge in [-0.2, -0.15) is 4.31 Å². The van der Waals surface area contributed by atoms with E-state index in [0.717, 1.165) is 12.1 Å². The van der Waals surface area contributed by atoms with Crippen LogP contribution >= 0.6 is 15.6 Å². The zero-order valence-electron chi connectivity index (χ0n) is 16.5. The summed E-state index contributed by atoms with van der Waals surface area (Å²) in [7, 11) is -6.33. The van der Waals surface area contributed by atoms with Crippen molar-refractivity contribution in [1.29, 1.82) is 0 Å². The van der Waals surface area contributed by atoms with Crippen molar-refractivity contribution >= 4 is 38.7 Å². The lowest BCUT2D eigenvalue weighted by Crippen LogP contribution is -2.15. The highest BCUT2D eigenvalue weighted by Gasteiger charge is 2.35. The fraction of sp³-hybridized carbons (Fsp3) is 0.188. The molecule has 1 atom stereocenters. The SMILES string of the molecule is COc1cc(OC)cc(N(C)c2cc(OP(=O)(O)OP(=O)(O)O)c(N)cc2C(=O)O)c1. The summed E-state index contributed by atoms with van der Waals surface area (Å²) in [5.41, 5.74) is 5.39. The van der Waals surface area contributed by atoms with E-state index in [-0.39, 0.29) is 16.9 Å². The van der Waals surface area contributed by atoms with Crippen LogP contribution in [-0.2, 0) is 13.4 Å². The van der Waals surface area contributed by atoms with Crippen molar-refractivity contribution < 1.29 is 52.0 Å². The summed E-state index contributed by atoms with van der Waals surface area (Å²) in [5.74, 6) is -1.10. The van der Waals surface area contributed by atoms with Crippen LogP contribution in [0.1, 0.15) is 10.4 Å².